The summed E-state index contributed by atoms with van der Waals surface area (Å²) in [6.45, 7) is 1.93. The Hall–Kier alpha value is -3.29. The molecule has 0 radical (unpaired) electrons. The molecule has 4 aromatic rings. The van der Waals surface area contributed by atoms with Gasteiger partial charge in [-0.25, -0.2) is 0 Å². The highest BCUT2D eigenvalue weighted by Gasteiger charge is 2.23. The van der Waals surface area contributed by atoms with Crippen molar-refractivity contribution in [3.05, 3.63) is 107 Å². The van der Waals surface area contributed by atoms with Crippen LogP contribution in [0, 0.1) is 0 Å². The number of carbonyl (C=O) groups excluding carboxylic acids is 1. The fourth-order valence-electron chi connectivity index (χ4n) is 3.13. The number of hydrogen-bond donors (Lipinski definition) is 1. The normalized spacial score (nSPS) is 11.8. The molecule has 168 valence electrons. The second-order valence-electron chi connectivity index (χ2n) is 7.23. The lowest BCUT2D eigenvalue weighted by atomic mass is 9.98. The number of ether oxygens (including phenoxy) is 1. The Kier molecular flexibility index (Phi) is 7.65. The minimum atomic E-state index is -0.439. The molecule has 0 spiro atoms. The molecule has 0 aliphatic heterocycles. The molecule has 0 bridgehead atoms. The largest absolute Gasteiger partial charge is 0.484 e. The molecule has 0 aliphatic carbocycles. The van der Waals surface area contributed by atoms with Crippen LogP contribution in [-0.2, 0) is 11.4 Å². The third kappa shape index (κ3) is 6.37. The van der Waals surface area contributed by atoms with Crippen molar-refractivity contribution >= 4 is 29.3 Å². The number of aromatic nitrogens is 2. The number of benzene rings is 3. The molecule has 1 N–H and O–H groups in total. The molecule has 1 amide bonds. The van der Waals surface area contributed by atoms with Crippen LogP contribution in [-0.4, -0.2) is 21.4 Å². The van der Waals surface area contributed by atoms with Gasteiger partial charge in [-0.15, -0.1) is 10.2 Å². The average Bonchev–Trinajstić information content (AvgIpc) is 3.30. The lowest BCUT2D eigenvalue weighted by Gasteiger charge is -2.21. The standard InChI is InChI=1S/C25H22ClN3O3S/c1-17(33-25-29-28-22(32-25)16-31-21-14-12-20(26)13-15-21)24(30)27-23(18-8-4-2-5-9-18)19-10-6-3-7-11-19/h2-15,17,23H,16H2,1H3,(H,27,30). The van der Waals surface area contributed by atoms with E-state index in [1.807, 2.05) is 60.7 Å². The number of nitrogens with one attached hydrogen (secondary N) is 1. The first kappa shape index (κ1) is 22.9. The Labute approximate surface area is 201 Å². The minimum Gasteiger partial charge on any atom is -0.484 e. The van der Waals surface area contributed by atoms with Gasteiger partial charge in [0.25, 0.3) is 11.1 Å². The molecule has 1 unspecified atom stereocenters. The number of halogens is 1. The van der Waals surface area contributed by atoms with E-state index in [9.17, 15) is 4.79 Å². The molecule has 4 rings (SSSR count). The van der Waals surface area contributed by atoms with Gasteiger partial charge in [-0.2, -0.15) is 0 Å². The molecule has 0 saturated carbocycles. The highest BCUT2D eigenvalue weighted by molar-refractivity contribution is 8.00. The maximum Gasteiger partial charge on any atom is 0.277 e. The van der Waals surface area contributed by atoms with Crippen LogP contribution in [0.15, 0.2) is 94.6 Å². The van der Waals surface area contributed by atoms with Crippen LogP contribution in [0.4, 0.5) is 0 Å². The van der Waals surface area contributed by atoms with E-state index in [2.05, 4.69) is 15.5 Å². The molecule has 8 heteroatoms. The summed E-state index contributed by atoms with van der Waals surface area (Å²) in [4.78, 5) is 13.0. The fourth-order valence-corrected chi connectivity index (χ4v) is 3.97. The molecular weight excluding hydrogens is 458 g/mol. The Morgan fingerprint density at radius 3 is 2.18 bits per heavy atom. The molecule has 1 atom stereocenters. The van der Waals surface area contributed by atoms with Crippen molar-refractivity contribution in [2.24, 2.45) is 0 Å². The monoisotopic (exact) mass is 479 g/mol. The molecule has 1 aromatic heterocycles. The van der Waals surface area contributed by atoms with Crippen LogP contribution in [0.3, 0.4) is 0 Å². The van der Waals surface area contributed by atoms with Gasteiger partial charge in [-0.3, -0.25) is 4.79 Å². The summed E-state index contributed by atoms with van der Waals surface area (Å²) in [6.07, 6.45) is 0. The summed E-state index contributed by atoms with van der Waals surface area (Å²) < 4.78 is 11.3. The van der Waals surface area contributed by atoms with E-state index in [0.29, 0.717) is 21.9 Å². The van der Waals surface area contributed by atoms with Gasteiger partial charge in [0.1, 0.15) is 5.75 Å². The van der Waals surface area contributed by atoms with Gasteiger partial charge in [0.15, 0.2) is 6.61 Å². The summed E-state index contributed by atoms with van der Waals surface area (Å²) in [5.41, 5.74) is 2.02. The number of hydrogen-bond acceptors (Lipinski definition) is 6. The summed E-state index contributed by atoms with van der Waals surface area (Å²) in [5, 5.41) is 11.7. The predicted molar refractivity (Wildman–Crippen MR) is 128 cm³/mol. The summed E-state index contributed by atoms with van der Waals surface area (Å²) in [7, 11) is 0. The number of nitrogens with zero attached hydrogens (tertiary/aromatic N) is 2. The molecule has 1 heterocycles. The molecular formula is C25H22ClN3O3S. The zero-order chi connectivity index (χ0) is 23.0. The molecule has 33 heavy (non-hydrogen) atoms. The summed E-state index contributed by atoms with van der Waals surface area (Å²) >= 11 is 7.08. The van der Waals surface area contributed by atoms with Crippen molar-refractivity contribution in [2.45, 2.75) is 30.0 Å². The topological polar surface area (TPSA) is 77.2 Å². The number of amides is 1. The van der Waals surface area contributed by atoms with Gasteiger partial charge in [0.2, 0.25) is 5.91 Å². The lowest BCUT2D eigenvalue weighted by molar-refractivity contribution is -0.120. The quantitative estimate of drug-likeness (QED) is 0.311. The Morgan fingerprint density at radius 2 is 1.58 bits per heavy atom. The van der Waals surface area contributed by atoms with E-state index in [4.69, 9.17) is 20.8 Å². The van der Waals surface area contributed by atoms with Gasteiger partial charge in [-0.1, -0.05) is 84.0 Å². The van der Waals surface area contributed by atoms with Crippen molar-refractivity contribution < 1.29 is 13.9 Å². The SMILES string of the molecule is CC(Sc1nnc(COc2ccc(Cl)cc2)o1)C(=O)NC(c1ccccc1)c1ccccc1. The Balaban J connectivity index is 1.37. The van der Waals surface area contributed by atoms with E-state index >= 15 is 0 Å². The van der Waals surface area contributed by atoms with Crippen LogP contribution < -0.4 is 10.1 Å². The zero-order valence-electron chi connectivity index (χ0n) is 17.9. The first-order valence-corrected chi connectivity index (χ1v) is 11.6. The molecule has 3 aromatic carbocycles. The molecule has 0 saturated heterocycles. The second kappa shape index (κ2) is 11.0. The highest BCUT2D eigenvalue weighted by Crippen LogP contribution is 2.26. The number of carbonyl (C=O) groups is 1. The highest BCUT2D eigenvalue weighted by atomic mass is 35.5. The summed E-state index contributed by atoms with van der Waals surface area (Å²) in [6, 6.07) is 26.5. The maximum atomic E-state index is 13.0. The minimum absolute atomic E-state index is 0.125. The third-order valence-electron chi connectivity index (χ3n) is 4.82. The summed E-state index contributed by atoms with van der Waals surface area (Å²) in [5.74, 6) is 0.841. The molecule has 0 fully saturated rings. The smallest absolute Gasteiger partial charge is 0.277 e. The van der Waals surface area contributed by atoms with Crippen molar-refractivity contribution in [1.82, 2.24) is 15.5 Å². The predicted octanol–water partition coefficient (Wildman–Crippen LogP) is 5.69. The van der Waals surface area contributed by atoms with Gasteiger partial charge >= 0.3 is 0 Å². The number of rotatable bonds is 9. The fraction of sp³-hybridized carbons (Fsp3) is 0.160. The average molecular weight is 480 g/mol. The van der Waals surface area contributed by atoms with E-state index in [-0.39, 0.29) is 18.6 Å². The van der Waals surface area contributed by atoms with Crippen molar-refractivity contribution in [3.8, 4) is 5.75 Å². The van der Waals surface area contributed by atoms with Crippen LogP contribution >= 0.6 is 23.4 Å². The molecule has 6 nitrogen and oxygen atoms in total. The van der Waals surface area contributed by atoms with Crippen molar-refractivity contribution in [1.29, 1.82) is 0 Å². The van der Waals surface area contributed by atoms with E-state index in [0.717, 1.165) is 11.1 Å². The van der Waals surface area contributed by atoms with Gasteiger partial charge in [0.05, 0.1) is 11.3 Å². The van der Waals surface area contributed by atoms with Gasteiger partial charge in [0, 0.05) is 5.02 Å². The first-order valence-electron chi connectivity index (χ1n) is 10.4. The van der Waals surface area contributed by atoms with Crippen molar-refractivity contribution in [3.63, 3.8) is 0 Å². The van der Waals surface area contributed by atoms with Gasteiger partial charge < -0.3 is 14.5 Å². The zero-order valence-corrected chi connectivity index (χ0v) is 19.4. The second-order valence-corrected chi connectivity index (χ2v) is 8.96. The van der Waals surface area contributed by atoms with Crippen LogP contribution in [0.2, 0.25) is 5.02 Å². The van der Waals surface area contributed by atoms with Crippen LogP contribution in [0.5, 0.6) is 5.75 Å². The van der Waals surface area contributed by atoms with E-state index in [1.165, 1.54) is 11.8 Å². The number of thioether (sulfide) groups is 1. The Bertz CT molecular complexity index is 1130. The molecule has 0 aliphatic rings. The first-order chi connectivity index (χ1) is 16.1. The van der Waals surface area contributed by atoms with E-state index in [1.54, 1.807) is 31.2 Å². The van der Waals surface area contributed by atoms with Crippen LogP contribution in [0.25, 0.3) is 0 Å². The van der Waals surface area contributed by atoms with E-state index < -0.39 is 5.25 Å². The Morgan fingerprint density at radius 1 is 0.970 bits per heavy atom. The maximum absolute atomic E-state index is 13.0. The lowest BCUT2D eigenvalue weighted by Crippen LogP contribution is -2.34. The van der Waals surface area contributed by atoms with Crippen LogP contribution in [0.1, 0.15) is 30.0 Å². The van der Waals surface area contributed by atoms with Crippen molar-refractivity contribution in [2.75, 3.05) is 0 Å². The van der Waals surface area contributed by atoms with Gasteiger partial charge in [-0.05, 0) is 42.3 Å². The third-order valence-corrected chi connectivity index (χ3v) is 6.01.